The van der Waals surface area contributed by atoms with Crippen molar-refractivity contribution in [2.24, 2.45) is 5.14 Å². The van der Waals surface area contributed by atoms with Crippen LogP contribution in [0.5, 0.6) is 0 Å². The normalized spacial score (nSPS) is 15.2. The fraction of sp³-hybridized carbons (Fsp3) is 0.389. The quantitative estimate of drug-likeness (QED) is 0.802. The van der Waals surface area contributed by atoms with Crippen molar-refractivity contribution in [3.05, 3.63) is 42.6 Å². The van der Waals surface area contributed by atoms with E-state index in [4.69, 9.17) is 5.14 Å². The summed E-state index contributed by atoms with van der Waals surface area (Å²) in [5.41, 5.74) is 1.86. The predicted octanol–water partition coefficient (Wildman–Crippen LogP) is 2.77. The summed E-state index contributed by atoms with van der Waals surface area (Å²) in [4.78, 5) is 9.47. The Morgan fingerprint density at radius 3 is 1.93 bits per heavy atom. The van der Waals surface area contributed by atoms with E-state index < -0.39 is 10.0 Å². The number of sulfonamides is 1. The zero-order valence-corrected chi connectivity index (χ0v) is 17.9. The molecule has 0 unspecified atom stereocenters. The highest BCUT2D eigenvalue weighted by Gasteiger charge is 2.19. The van der Waals surface area contributed by atoms with Crippen LogP contribution < -0.4 is 10.0 Å². The molecule has 9 heteroatoms. The van der Waals surface area contributed by atoms with Gasteiger partial charge in [0, 0.05) is 44.0 Å². The first kappa shape index (κ1) is 23.7. The molecule has 2 aromatic rings. The fourth-order valence-corrected chi connectivity index (χ4v) is 3.56. The number of aromatic nitrogens is 1. The summed E-state index contributed by atoms with van der Waals surface area (Å²) in [7, 11) is -3.66. The third-order valence-electron chi connectivity index (χ3n) is 4.63. The maximum Gasteiger partial charge on any atom is 0.238 e. The monoisotopic (exact) mass is 432 g/mol. The smallest absolute Gasteiger partial charge is 0.238 e. The maximum absolute atomic E-state index is 11.3. The van der Waals surface area contributed by atoms with E-state index in [9.17, 15) is 8.42 Å². The van der Waals surface area contributed by atoms with E-state index in [1.54, 1.807) is 12.1 Å². The highest BCUT2D eigenvalue weighted by molar-refractivity contribution is 7.89. The zero-order chi connectivity index (χ0) is 18.0. The lowest BCUT2D eigenvalue weighted by atomic mass is 10.1. The van der Waals surface area contributed by atoms with Crippen molar-refractivity contribution in [2.75, 3.05) is 31.1 Å². The summed E-state index contributed by atoms with van der Waals surface area (Å²) >= 11 is 0. The Balaban J connectivity index is 0.00000182. The average Bonchev–Trinajstić information content (AvgIpc) is 2.61. The highest BCUT2D eigenvalue weighted by Crippen LogP contribution is 2.23. The van der Waals surface area contributed by atoms with Crippen molar-refractivity contribution in [3.8, 4) is 11.1 Å². The molecule has 2 heterocycles. The third kappa shape index (κ3) is 5.80. The molecule has 0 aliphatic carbocycles. The topological polar surface area (TPSA) is 79.5 Å². The van der Waals surface area contributed by atoms with Gasteiger partial charge >= 0.3 is 0 Å². The molecular formula is C18H26Cl2N4O2S. The van der Waals surface area contributed by atoms with Crippen LogP contribution in [-0.2, 0) is 10.0 Å². The van der Waals surface area contributed by atoms with Gasteiger partial charge < -0.3 is 4.90 Å². The molecule has 1 aliphatic heterocycles. The fourth-order valence-electron chi connectivity index (χ4n) is 3.05. The van der Waals surface area contributed by atoms with Crippen molar-refractivity contribution in [2.45, 2.75) is 24.8 Å². The van der Waals surface area contributed by atoms with Crippen molar-refractivity contribution < 1.29 is 8.42 Å². The van der Waals surface area contributed by atoms with Crippen LogP contribution in [0.15, 0.2) is 47.5 Å². The van der Waals surface area contributed by atoms with Crippen LogP contribution in [-0.4, -0.2) is 50.5 Å². The van der Waals surface area contributed by atoms with Crippen LogP contribution in [0.1, 0.15) is 13.8 Å². The molecule has 0 spiro atoms. The molecule has 27 heavy (non-hydrogen) atoms. The molecule has 6 nitrogen and oxygen atoms in total. The van der Waals surface area contributed by atoms with Crippen molar-refractivity contribution in [1.29, 1.82) is 0 Å². The van der Waals surface area contributed by atoms with Crippen LogP contribution in [0.25, 0.3) is 11.1 Å². The van der Waals surface area contributed by atoms with Crippen molar-refractivity contribution in [1.82, 2.24) is 9.88 Å². The van der Waals surface area contributed by atoms with Gasteiger partial charge in [0.05, 0.1) is 4.90 Å². The number of halogens is 2. The van der Waals surface area contributed by atoms with Gasteiger partial charge in [-0.25, -0.2) is 18.5 Å². The summed E-state index contributed by atoms with van der Waals surface area (Å²) in [5.74, 6) is 0.980. The van der Waals surface area contributed by atoms with Crippen molar-refractivity contribution in [3.63, 3.8) is 0 Å². The second-order valence-electron chi connectivity index (χ2n) is 6.59. The number of piperazine rings is 1. The minimum atomic E-state index is -3.66. The molecule has 3 rings (SSSR count). The molecule has 0 amide bonds. The second-order valence-corrected chi connectivity index (χ2v) is 8.15. The van der Waals surface area contributed by atoms with Crippen LogP contribution >= 0.6 is 24.8 Å². The Morgan fingerprint density at radius 2 is 1.48 bits per heavy atom. The molecular weight excluding hydrogens is 407 g/mol. The molecule has 1 saturated heterocycles. The number of benzene rings is 1. The Kier molecular flexibility index (Phi) is 8.50. The third-order valence-corrected chi connectivity index (χ3v) is 5.56. The first-order valence-corrected chi connectivity index (χ1v) is 9.97. The Hall–Kier alpha value is -1.38. The van der Waals surface area contributed by atoms with Gasteiger partial charge in [0.15, 0.2) is 0 Å². The molecule has 1 aliphatic rings. The number of anilines is 1. The molecule has 150 valence electrons. The number of nitrogens with two attached hydrogens (primary N) is 1. The minimum Gasteiger partial charge on any atom is -0.354 e. The molecule has 1 aromatic carbocycles. The van der Waals surface area contributed by atoms with Crippen LogP contribution in [0.2, 0.25) is 0 Å². The Morgan fingerprint density at radius 1 is 0.926 bits per heavy atom. The predicted molar refractivity (Wildman–Crippen MR) is 114 cm³/mol. The van der Waals surface area contributed by atoms with Gasteiger partial charge in [-0.1, -0.05) is 12.1 Å². The molecule has 0 bridgehead atoms. The zero-order valence-electron chi connectivity index (χ0n) is 15.4. The summed E-state index contributed by atoms with van der Waals surface area (Å²) < 4.78 is 22.6. The molecule has 1 aromatic heterocycles. The standard InChI is InChI=1S/C18H24N4O2S.2ClH/c1-14(2)21-9-11-22(12-10-21)18-8-5-16(13-20-18)15-3-6-17(7-4-15)25(19,23)24;;/h3-8,13-14H,9-12H2,1-2H3,(H2,19,23,24);2*1H. The van der Waals surface area contributed by atoms with Gasteiger partial charge in [-0.05, 0) is 43.7 Å². The lowest BCUT2D eigenvalue weighted by Crippen LogP contribution is -2.49. The van der Waals surface area contributed by atoms with Crippen LogP contribution in [0, 0.1) is 0 Å². The second kappa shape index (κ2) is 9.71. The molecule has 0 atom stereocenters. The molecule has 2 N–H and O–H groups in total. The SMILES string of the molecule is CC(C)N1CCN(c2ccc(-c3ccc(S(N)(=O)=O)cc3)cn2)CC1.Cl.Cl. The number of hydrogen-bond acceptors (Lipinski definition) is 5. The highest BCUT2D eigenvalue weighted by atomic mass is 35.5. The van der Waals surface area contributed by atoms with E-state index in [2.05, 4.69) is 28.6 Å². The van der Waals surface area contributed by atoms with Gasteiger partial charge in [-0.3, -0.25) is 4.90 Å². The Bertz CT molecular complexity index is 819. The Labute approximate surface area is 173 Å². The van der Waals surface area contributed by atoms with Gasteiger partial charge in [0.2, 0.25) is 10.0 Å². The molecule has 1 fully saturated rings. The van der Waals surface area contributed by atoms with E-state index in [0.29, 0.717) is 6.04 Å². The van der Waals surface area contributed by atoms with Gasteiger partial charge in [-0.2, -0.15) is 0 Å². The summed E-state index contributed by atoms with van der Waals surface area (Å²) in [6, 6.07) is 11.2. The van der Waals surface area contributed by atoms with E-state index in [0.717, 1.165) is 43.1 Å². The molecule has 0 saturated carbocycles. The number of primary sulfonamides is 1. The van der Waals surface area contributed by atoms with E-state index >= 15 is 0 Å². The van der Waals surface area contributed by atoms with E-state index in [1.807, 2.05) is 18.3 Å². The lowest BCUT2D eigenvalue weighted by Gasteiger charge is -2.37. The van der Waals surface area contributed by atoms with Gasteiger partial charge in [0.25, 0.3) is 0 Å². The number of pyridine rings is 1. The first-order valence-electron chi connectivity index (χ1n) is 8.43. The number of hydrogen-bond donors (Lipinski definition) is 1. The number of nitrogens with zero attached hydrogens (tertiary/aromatic N) is 3. The van der Waals surface area contributed by atoms with Gasteiger partial charge in [0.1, 0.15) is 5.82 Å². The van der Waals surface area contributed by atoms with Gasteiger partial charge in [-0.15, -0.1) is 24.8 Å². The van der Waals surface area contributed by atoms with Crippen LogP contribution in [0.4, 0.5) is 5.82 Å². The lowest BCUT2D eigenvalue weighted by molar-refractivity contribution is 0.209. The maximum atomic E-state index is 11.3. The molecule has 0 radical (unpaired) electrons. The van der Waals surface area contributed by atoms with E-state index in [-0.39, 0.29) is 29.7 Å². The first-order chi connectivity index (χ1) is 11.8. The summed E-state index contributed by atoms with van der Waals surface area (Å²) in [6.07, 6.45) is 1.83. The van der Waals surface area contributed by atoms with Crippen LogP contribution in [0.3, 0.4) is 0 Å². The summed E-state index contributed by atoms with van der Waals surface area (Å²) in [6.45, 7) is 8.52. The minimum absolute atomic E-state index is 0. The summed E-state index contributed by atoms with van der Waals surface area (Å²) in [5, 5.41) is 5.13. The average molecular weight is 433 g/mol. The largest absolute Gasteiger partial charge is 0.354 e. The number of rotatable bonds is 4. The van der Waals surface area contributed by atoms with E-state index in [1.165, 1.54) is 12.1 Å². The van der Waals surface area contributed by atoms with Crippen molar-refractivity contribution >= 4 is 40.7 Å².